The zero-order valence-corrected chi connectivity index (χ0v) is 23.4. The van der Waals surface area contributed by atoms with Gasteiger partial charge in [-0.15, -0.1) is 11.8 Å². The lowest BCUT2D eigenvalue weighted by molar-refractivity contribution is -0.113. The van der Waals surface area contributed by atoms with Crippen molar-refractivity contribution in [3.8, 4) is 0 Å². The van der Waals surface area contributed by atoms with E-state index in [-0.39, 0.29) is 22.3 Å². The highest BCUT2D eigenvalue weighted by molar-refractivity contribution is 8.00. The number of hydrogen-bond acceptors (Lipinski definition) is 4. The van der Waals surface area contributed by atoms with Crippen LogP contribution in [0.2, 0.25) is 15.1 Å². The molecule has 0 radical (unpaired) electrons. The Hall–Kier alpha value is -3.55. The fourth-order valence-electron chi connectivity index (χ4n) is 3.51. The molecule has 0 atom stereocenters. The number of halogens is 3. The van der Waals surface area contributed by atoms with Gasteiger partial charge in [-0.1, -0.05) is 83.3 Å². The summed E-state index contributed by atoms with van der Waals surface area (Å²) >= 11 is 19.9. The maximum atomic E-state index is 13.3. The predicted molar refractivity (Wildman–Crippen MR) is 160 cm³/mol. The first-order valence-electron chi connectivity index (χ1n) is 11.7. The van der Waals surface area contributed by atoms with Crippen LogP contribution in [0, 0.1) is 0 Å². The van der Waals surface area contributed by atoms with Gasteiger partial charge in [-0.2, -0.15) is 0 Å². The van der Waals surface area contributed by atoms with Crippen molar-refractivity contribution in [1.29, 1.82) is 0 Å². The summed E-state index contributed by atoms with van der Waals surface area (Å²) in [5.41, 5.74) is 1.76. The first-order valence-corrected chi connectivity index (χ1v) is 13.8. The highest BCUT2D eigenvalue weighted by Gasteiger charge is 2.17. The fraction of sp³-hybridized carbons (Fsp3) is 0.0333. The number of rotatable bonds is 9. The third-order valence-corrected chi connectivity index (χ3v) is 7.60. The molecular formula is C30H21Cl3N2O3S. The Kier molecular flexibility index (Phi) is 9.85. The van der Waals surface area contributed by atoms with Gasteiger partial charge in [0.1, 0.15) is 5.70 Å². The zero-order valence-electron chi connectivity index (χ0n) is 20.3. The summed E-state index contributed by atoms with van der Waals surface area (Å²) in [5, 5.41) is 6.45. The summed E-state index contributed by atoms with van der Waals surface area (Å²) < 4.78 is 0. The van der Waals surface area contributed by atoms with E-state index < -0.39 is 11.8 Å². The average molecular weight is 596 g/mol. The molecule has 39 heavy (non-hydrogen) atoms. The second kappa shape index (κ2) is 13.5. The smallest absolute Gasteiger partial charge is 0.272 e. The van der Waals surface area contributed by atoms with Crippen LogP contribution in [0.5, 0.6) is 0 Å². The maximum absolute atomic E-state index is 13.3. The van der Waals surface area contributed by atoms with Crippen molar-refractivity contribution in [3.63, 3.8) is 0 Å². The van der Waals surface area contributed by atoms with E-state index in [1.54, 1.807) is 91.0 Å². The van der Waals surface area contributed by atoms with Gasteiger partial charge >= 0.3 is 0 Å². The first-order chi connectivity index (χ1) is 18.8. The van der Waals surface area contributed by atoms with Crippen molar-refractivity contribution < 1.29 is 14.4 Å². The van der Waals surface area contributed by atoms with Gasteiger partial charge in [0.05, 0.1) is 20.8 Å². The maximum Gasteiger partial charge on any atom is 0.272 e. The molecular weight excluding hydrogens is 575 g/mol. The molecule has 0 spiro atoms. The lowest BCUT2D eigenvalue weighted by atomic mass is 10.1. The minimum atomic E-state index is -0.565. The molecule has 0 saturated heterocycles. The Morgan fingerprint density at radius 2 is 1.46 bits per heavy atom. The van der Waals surface area contributed by atoms with E-state index in [2.05, 4.69) is 10.6 Å². The van der Waals surface area contributed by atoms with Crippen LogP contribution in [0.4, 0.5) is 5.69 Å². The first kappa shape index (κ1) is 28.5. The van der Waals surface area contributed by atoms with Crippen LogP contribution in [-0.4, -0.2) is 23.4 Å². The summed E-state index contributed by atoms with van der Waals surface area (Å²) in [6, 6.07) is 27.5. The summed E-state index contributed by atoms with van der Waals surface area (Å²) in [4.78, 5) is 39.6. The molecule has 4 aromatic carbocycles. The molecule has 0 heterocycles. The van der Waals surface area contributed by atoms with Crippen molar-refractivity contribution in [2.24, 2.45) is 0 Å². The Labute approximate surface area is 245 Å². The monoisotopic (exact) mass is 594 g/mol. The Balaban J connectivity index is 1.53. The van der Waals surface area contributed by atoms with Gasteiger partial charge in [-0.3, -0.25) is 14.4 Å². The van der Waals surface area contributed by atoms with Gasteiger partial charge in [0.2, 0.25) is 0 Å². The molecule has 0 aliphatic carbocycles. The summed E-state index contributed by atoms with van der Waals surface area (Å²) in [6.07, 6.45) is 1.46. The summed E-state index contributed by atoms with van der Waals surface area (Å²) in [7, 11) is 0. The Morgan fingerprint density at radius 3 is 2.23 bits per heavy atom. The second-order valence-electron chi connectivity index (χ2n) is 8.19. The lowest BCUT2D eigenvalue weighted by Crippen LogP contribution is -2.30. The molecule has 0 fully saturated rings. The van der Waals surface area contributed by atoms with Gasteiger partial charge in [-0.05, 0) is 60.2 Å². The van der Waals surface area contributed by atoms with Crippen molar-refractivity contribution in [3.05, 3.63) is 135 Å². The quantitative estimate of drug-likeness (QED) is 0.117. The number of ketones is 1. The molecule has 0 saturated carbocycles. The highest BCUT2D eigenvalue weighted by atomic mass is 35.5. The summed E-state index contributed by atoms with van der Waals surface area (Å²) in [5.74, 6) is -0.957. The molecule has 196 valence electrons. The number of anilines is 1. The lowest BCUT2D eigenvalue weighted by Gasteiger charge is -2.13. The molecule has 0 aromatic heterocycles. The van der Waals surface area contributed by atoms with Crippen molar-refractivity contribution in [2.75, 3.05) is 11.1 Å². The van der Waals surface area contributed by atoms with E-state index in [9.17, 15) is 14.4 Å². The van der Waals surface area contributed by atoms with Crippen LogP contribution in [0.3, 0.4) is 0 Å². The molecule has 0 bridgehead atoms. The number of carbonyl (C=O) groups is 3. The van der Waals surface area contributed by atoms with E-state index in [1.165, 1.54) is 17.8 Å². The standard InChI is InChI=1S/C30H21Cl3N2O3S/c31-24-14-5-4-13-23(24)27(36)18-39-22-12-7-11-21(17-22)34-30(38)26(16-20-10-6-15-25(32)28(20)33)35-29(37)19-8-2-1-3-9-19/h1-17H,18H2,(H,34,38)(H,35,37)/b26-16-. The Bertz CT molecular complexity index is 1560. The third-order valence-electron chi connectivity index (χ3n) is 5.45. The Morgan fingerprint density at radius 1 is 0.769 bits per heavy atom. The molecule has 0 unspecified atom stereocenters. The van der Waals surface area contributed by atoms with Crippen molar-refractivity contribution >= 4 is 75.9 Å². The number of nitrogens with one attached hydrogen (secondary N) is 2. The van der Waals surface area contributed by atoms with Gasteiger partial charge in [-0.25, -0.2) is 0 Å². The SMILES string of the molecule is O=C(Nc1cccc(SCC(=O)c2ccccc2Cl)c1)/C(=C/c1cccc(Cl)c1Cl)NC(=O)c1ccccc1. The average Bonchev–Trinajstić information content (AvgIpc) is 2.94. The van der Waals surface area contributed by atoms with Crippen LogP contribution >= 0.6 is 46.6 Å². The molecule has 9 heteroatoms. The summed E-state index contributed by atoms with van der Waals surface area (Å²) in [6.45, 7) is 0. The minimum absolute atomic E-state index is 0.0278. The predicted octanol–water partition coefficient (Wildman–Crippen LogP) is 8.03. The second-order valence-corrected chi connectivity index (χ2v) is 10.4. The molecule has 0 aliphatic heterocycles. The van der Waals surface area contributed by atoms with Crippen LogP contribution < -0.4 is 10.6 Å². The molecule has 0 aliphatic rings. The van der Waals surface area contributed by atoms with E-state index in [0.717, 1.165) is 4.90 Å². The van der Waals surface area contributed by atoms with Crippen molar-refractivity contribution in [2.45, 2.75) is 4.90 Å². The van der Waals surface area contributed by atoms with Crippen LogP contribution in [0.1, 0.15) is 26.3 Å². The number of amides is 2. The third kappa shape index (κ3) is 7.74. The minimum Gasteiger partial charge on any atom is -0.321 e. The van der Waals surface area contributed by atoms with Gasteiger partial charge in [0.25, 0.3) is 11.8 Å². The van der Waals surface area contributed by atoms with Gasteiger partial charge in [0.15, 0.2) is 5.78 Å². The van der Waals surface area contributed by atoms with Crippen LogP contribution in [0.25, 0.3) is 6.08 Å². The number of hydrogen-bond donors (Lipinski definition) is 2. The van der Waals surface area contributed by atoms with E-state index >= 15 is 0 Å². The number of benzene rings is 4. The van der Waals surface area contributed by atoms with E-state index in [4.69, 9.17) is 34.8 Å². The molecule has 2 amide bonds. The van der Waals surface area contributed by atoms with Gasteiger partial charge < -0.3 is 10.6 Å². The molecule has 4 aromatic rings. The molecule has 2 N–H and O–H groups in total. The number of carbonyl (C=O) groups excluding carboxylic acids is 3. The van der Waals surface area contributed by atoms with E-state index in [1.807, 2.05) is 6.07 Å². The van der Waals surface area contributed by atoms with Crippen LogP contribution in [-0.2, 0) is 4.79 Å². The molecule has 5 nitrogen and oxygen atoms in total. The van der Waals surface area contributed by atoms with Gasteiger partial charge in [0, 0.05) is 21.7 Å². The number of Topliss-reactive ketones (excluding diaryl/α,β-unsaturated/α-hetero) is 1. The fourth-order valence-corrected chi connectivity index (χ4v) is 4.95. The van der Waals surface area contributed by atoms with Crippen molar-refractivity contribution in [1.82, 2.24) is 5.32 Å². The largest absolute Gasteiger partial charge is 0.321 e. The van der Waals surface area contributed by atoms with E-state index in [0.29, 0.717) is 32.4 Å². The van der Waals surface area contributed by atoms with Crippen LogP contribution in [0.15, 0.2) is 108 Å². The number of thioether (sulfide) groups is 1. The molecule has 4 rings (SSSR count). The normalized spacial score (nSPS) is 11.1. The topological polar surface area (TPSA) is 75.3 Å². The zero-order chi connectivity index (χ0) is 27.8. The highest BCUT2D eigenvalue weighted by Crippen LogP contribution is 2.28.